The number of likely N-dealkylation sites (tertiary alicyclic amines) is 1. The minimum Gasteiger partial charge on any atom is -0.340 e. The maximum absolute atomic E-state index is 12.3. The maximum atomic E-state index is 12.3. The molecular weight excluding hydrogens is 439 g/mol. The van der Waals surface area contributed by atoms with Crippen LogP contribution in [0.15, 0.2) is 48.5 Å². The van der Waals surface area contributed by atoms with Crippen molar-refractivity contribution in [3.8, 4) is 0 Å². The van der Waals surface area contributed by atoms with Gasteiger partial charge in [-0.25, -0.2) is 0 Å². The highest BCUT2D eigenvalue weighted by molar-refractivity contribution is 6.32. The number of halogens is 2. The van der Waals surface area contributed by atoms with Gasteiger partial charge in [-0.05, 0) is 74.1 Å². The molecule has 0 aliphatic carbocycles. The van der Waals surface area contributed by atoms with Gasteiger partial charge in [0, 0.05) is 41.6 Å². The van der Waals surface area contributed by atoms with Crippen LogP contribution < -0.4 is 0 Å². The number of hydrogen-bond donors (Lipinski definition) is 0. The molecule has 0 saturated carbocycles. The fraction of sp³-hybridized carbons (Fsp3) is 0.519. The second-order valence-electron chi connectivity index (χ2n) is 9.78. The molecule has 1 amide bonds. The van der Waals surface area contributed by atoms with Crippen LogP contribution in [-0.2, 0) is 4.79 Å². The van der Waals surface area contributed by atoms with Crippen molar-refractivity contribution in [1.29, 1.82) is 0 Å². The Hall–Kier alpha value is -1.55. The third-order valence-corrected chi connectivity index (χ3v) is 8.71. The van der Waals surface area contributed by atoms with Crippen LogP contribution in [0.1, 0.15) is 69.0 Å². The third kappa shape index (κ3) is 4.08. The first-order chi connectivity index (χ1) is 15.5. The number of piperidine rings is 2. The van der Waals surface area contributed by atoms with Crippen LogP contribution in [0.25, 0.3) is 0 Å². The normalized spacial score (nSPS) is 28.3. The van der Waals surface area contributed by atoms with Gasteiger partial charge in [-0.3, -0.25) is 9.69 Å². The molecule has 2 aromatic carbocycles. The van der Waals surface area contributed by atoms with Gasteiger partial charge in [0.05, 0.1) is 6.04 Å². The summed E-state index contributed by atoms with van der Waals surface area (Å²) < 4.78 is 0. The molecule has 3 saturated heterocycles. The van der Waals surface area contributed by atoms with Gasteiger partial charge >= 0.3 is 0 Å². The zero-order chi connectivity index (χ0) is 22.2. The van der Waals surface area contributed by atoms with E-state index in [1.807, 2.05) is 24.3 Å². The van der Waals surface area contributed by atoms with Gasteiger partial charge < -0.3 is 4.90 Å². The Bertz CT molecular complexity index is 920. The summed E-state index contributed by atoms with van der Waals surface area (Å²) in [4.78, 5) is 17.2. The topological polar surface area (TPSA) is 23.6 Å². The highest BCUT2D eigenvalue weighted by Crippen LogP contribution is 2.49. The highest BCUT2D eigenvalue weighted by Gasteiger charge is 2.48. The zero-order valence-corrected chi connectivity index (χ0v) is 20.2. The third-order valence-electron chi connectivity index (χ3n) is 8.02. The van der Waals surface area contributed by atoms with Crippen molar-refractivity contribution in [2.24, 2.45) is 5.92 Å². The van der Waals surface area contributed by atoms with E-state index in [0.29, 0.717) is 24.0 Å². The van der Waals surface area contributed by atoms with Crippen LogP contribution in [0.2, 0.25) is 10.0 Å². The second-order valence-corrected chi connectivity index (χ2v) is 10.6. The lowest BCUT2D eigenvalue weighted by molar-refractivity contribution is -0.134. The smallest absolute Gasteiger partial charge is 0.219 e. The number of benzene rings is 2. The standard InChI is InChI=1S/C27H32Cl2N2O/c1-18(32)30-15-7-6-12-26(30)19-16-20-13-14-21(17-19)31(20)27(22-8-2-4-10-24(22)28)23-9-3-5-11-25(23)29/h2-5,8-11,19-21,26-27H,6-7,12-17H2,1H3. The molecule has 3 aliphatic heterocycles. The summed E-state index contributed by atoms with van der Waals surface area (Å²) in [6, 6.07) is 17.9. The molecule has 3 aliphatic rings. The molecule has 2 bridgehead atoms. The Morgan fingerprint density at radius 2 is 1.44 bits per heavy atom. The Morgan fingerprint density at radius 3 is 1.97 bits per heavy atom. The van der Waals surface area contributed by atoms with Crippen molar-refractivity contribution >= 4 is 29.1 Å². The predicted molar refractivity (Wildman–Crippen MR) is 131 cm³/mol. The van der Waals surface area contributed by atoms with E-state index in [1.54, 1.807) is 6.92 Å². The molecule has 3 nitrogen and oxygen atoms in total. The minimum atomic E-state index is 0.0612. The van der Waals surface area contributed by atoms with Gasteiger partial charge in [-0.2, -0.15) is 0 Å². The van der Waals surface area contributed by atoms with E-state index in [9.17, 15) is 4.79 Å². The van der Waals surface area contributed by atoms with Crippen molar-refractivity contribution in [3.05, 3.63) is 69.7 Å². The van der Waals surface area contributed by atoms with Crippen molar-refractivity contribution in [1.82, 2.24) is 9.80 Å². The first-order valence-corrected chi connectivity index (χ1v) is 12.8. The van der Waals surface area contributed by atoms with Crippen molar-refractivity contribution in [3.63, 3.8) is 0 Å². The van der Waals surface area contributed by atoms with Gasteiger partial charge in [0.25, 0.3) is 0 Å². The van der Waals surface area contributed by atoms with E-state index in [1.165, 1.54) is 19.3 Å². The minimum absolute atomic E-state index is 0.0612. The Labute approximate surface area is 201 Å². The number of amides is 1. The average Bonchev–Trinajstić information content (AvgIpc) is 3.04. The molecule has 0 radical (unpaired) electrons. The number of rotatable bonds is 4. The van der Waals surface area contributed by atoms with Crippen LogP contribution in [0.3, 0.4) is 0 Å². The SMILES string of the molecule is CC(=O)N1CCCCC1C1CC2CCC(C1)N2C(c1ccccc1Cl)c1ccccc1Cl. The molecule has 170 valence electrons. The molecule has 5 heteroatoms. The van der Waals surface area contributed by atoms with Crippen molar-refractivity contribution in [2.75, 3.05) is 6.54 Å². The van der Waals surface area contributed by atoms with Crippen LogP contribution in [0, 0.1) is 5.92 Å². The van der Waals surface area contributed by atoms with Crippen LogP contribution >= 0.6 is 23.2 Å². The summed E-state index contributed by atoms with van der Waals surface area (Å²) in [5, 5.41) is 1.60. The monoisotopic (exact) mass is 470 g/mol. The molecule has 0 aromatic heterocycles. The fourth-order valence-electron chi connectivity index (χ4n) is 6.71. The number of carbonyl (C=O) groups excluding carboxylic acids is 1. The van der Waals surface area contributed by atoms with E-state index < -0.39 is 0 Å². The van der Waals surface area contributed by atoms with E-state index in [4.69, 9.17) is 23.2 Å². The number of nitrogens with zero attached hydrogens (tertiary/aromatic N) is 2. The fourth-order valence-corrected chi connectivity index (χ4v) is 7.19. The summed E-state index contributed by atoms with van der Waals surface area (Å²) in [6.45, 7) is 2.67. The molecule has 3 unspecified atom stereocenters. The van der Waals surface area contributed by atoms with Crippen LogP contribution in [-0.4, -0.2) is 40.4 Å². The maximum Gasteiger partial charge on any atom is 0.219 e. The first-order valence-electron chi connectivity index (χ1n) is 12.1. The molecule has 32 heavy (non-hydrogen) atoms. The molecule has 0 spiro atoms. The van der Waals surface area contributed by atoms with Gasteiger partial charge in [0.15, 0.2) is 0 Å². The van der Waals surface area contributed by atoms with E-state index >= 15 is 0 Å². The summed E-state index contributed by atoms with van der Waals surface area (Å²) in [5.74, 6) is 0.834. The number of fused-ring (bicyclic) bond motifs is 2. The lowest BCUT2D eigenvalue weighted by Crippen LogP contribution is -2.53. The first kappa shape index (κ1) is 22.3. The average molecular weight is 471 g/mol. The zero-order valence-electron chi connectivity index (χ0n) is 18.7. The molecule has 3 atom stereocenters. The van der Waals surface area contributed by atoms with E-state index in [2.05, 4.69) is 34.1 Å². The summed E-state index contributed by atoms with van der Waals surface area (Å²) in [6.07, 6.45) is 8.25. The van der Waals surface area contributed by atoms with Crippen LogP contribution in [0.4, 0.5) is 0 Å². The number of hydrogen-bond acceptors (Lipinski definition) is 2. The number of carbonyl (C=O) groups is 1. The van der Waals surface area contributed by atoms with E-state index in [0.717, 1.165) is 53.4 Å². The van der Waals surface area contributed by atoms with E-state index in [-0.39, 0.29) is 11.9 Å². The lowest BCUT2D eigenvalue weighted by atomic mass is 9.79. The lowest BCUT2D eigenvalue weighted by Gasteiger charge is -2.49. The highest BCUT2D eigenvalue weighted by atomic mass is 35.5. The Balaban J connectivity index is 1.48. The van der Waals surface area contributed by atoms with Gasteiger partial charge in [-0.1, -0.05) is 59.6 Å². The molecule has 2 aromatic rings. The molecule has 0 N–H and O–H groups in total. The van der Waals surface area contributed by atoms with Crippen molar-refractivity contribution in [2.45, 2.75) is 76.0 Å². The summed E-state index contributed by atoms with van der Waals surface area (Å²) in [5.41, 5.74) is 2.28. The molecule has 3 fully saturated rings. The summed E-state index contributed by atoms with van der Waals surface area (Å²) >= 11 is 13.5. The Kier molecular flexibility index (Phi) is 6.51. The van der Waals surface area contributed by atoms with Gasteiger partial charge in [-0.15, -0.1) is 0 Å². The second kappa shape index (κ2) is 9.37. The largest absolute Gasteiger partial charge is 0.340 e. The van der Waals surface area contributed by atoms with Gasteiger partial charge in [0.2, 0.25) is 5.91 Å². The van der Waals surface area contributed by atoms with Crippen LogP contribution in [0.5, 0.6) is 0 Å². The molecular formula is C27H32Cl2N2O. The summed E-state index contributed by atoms with van der Waals surface area (Å²) in [7, 11) is 0. The quantitative estimate of drug-likeness (QED) is 0.494. The Morgan fingerprint density at radius 1 is 0.875 bits per heavy atom. The van der Waals surface area contributed by atoms with Gasteiger partial charge in [0.1, 0.15) is 0 Å². The molecule has 3 heterocycles. The molecule has 5 rings (SSSR count). The van der Waals surface area contributed by atoms with Crippen molar-refractivity contribution < 1.29 is 4.79 Å². The predicted octanol–water partition coefficient (Wildman–Crippen LogP) is 6.73.